The molecule has 1 aliphatic heterocycles. The molecule has 2 aromatic heterocycles. The van der Waals surface area contributed by atoms with Crippen molar-refractivity contribution in [2.24, 2.45) is 0 Å². The minimum absolute atomic E-state index is 0.0855. The second-order valence-electron chi connectivity index (χ2n) is 7.17. The van der Waals surface area contributed by atoms with Crippen molar-refractivity contribution >= 4 is 5.91 Å². The summed E-state index contributed by atoms with van der Waals surface area (Å²) in [5.41, 5.74) is 1.51. The van der Waals surface area contributed by atoms with E-state index in [9.17, 15) is 9.59 Å². The Labute approximate surface area is 151 Å². The third-order valence-corrected chi connectivity index (χ3v) is 5.44. The molecule has 2 aliphatic rings. The third-order valence-electron chi connectivity index (χ3n) is 5.44. The maximum Gasteiger partial charge on any atom is 0.253 e. The number of nitrogens with zero attached hydrogens (tertiary/aromatic N) is 3. The molecule has 0 atom stereocenters. The predicted octanol–water partition coefficient (Wildman–Crippen LogP) is 1.31. The predicted molar refractivity (Wildman–Crippen MR) is 96.9 cm³/mol. The lowest BCUT2D eigenvalue weighted by atomic mass is 9.77. The van der Waals surface area contributed by atoms with Crippen molar-refractivity contribution < 1.29 is 4.79 Å². The topological polar surface area (TPSA) is 91.0 Å². The quantitative estimate of drug-likeness (QED) is 0.865. The second kappa shape index (κ2) is 7.37. The van der Waals surface area contributed by atoms with Gasteiger partial charge in [0.15, 0.2) is 0 Å². The zero-order chi connectivity index (χ0) is 17.9. The Morgan fingerprint density at radius 1 is 1.15 bits per heavy atom. The third kappa shape index (κ3) is 3.67. The van der Waals surface area contributed by atoms with Gasteiger partial charge >= 0.3 is 0 Å². The van der Waals surface area contributed by atoms with Crippen LogP contribution in [0.3, 0.4) is 0 Å². The number of aromatic amines is 1. The number of rotatable bonds is 4. The zero-order valence-electron chi connectivity index (χ0n) is 14.6. The molecule has 0 aromatic carbocycles. The number of piperidine rings is 1. The summed E-state index contributed by atoms with van der Waals surface area (Å²) < 4.78 is 0. The van der Waals surface area contributed by atoms with Crippen LogP contribution < -0.4 is 10.9 Å². The Bertz CT molecular complexity index is 808. The molecule has 136 valence electrons. The summed E-state index contributed by atoms with van der Waals surface area (Å²) in [7, 11) is 0. The van der Waals surface area contributed by atoms with Gasteiger partial charge in [0.2, 0.25) is 0 Å². The van der Waals surface area contributed by atoms with Gasteiger partial charge in [-0.3, -0.25) is 14.6 Å². The van der Waals surface area contributed by atoms with Gasteiger partial charge in [-0.05, 0) is 37.8 Å². The van der Waals surface area contributed by atoms with Crippen molar-refractivity contribution in [3.8, 4) is 0 Å². The Morgan fingerprint density at radius 3 is 2.58 bits per heavy atom. The number of amides is 1. The normalized spacial score (nSPS) is 23.5. The number of aromatic nitrogens is 3. The molecule has 2 fully saturated rings. The monoisotopic (exact) mass is 353 g/mol. The van der Waals surface area contributed by atoms with E-state index < -0.39 is 0 Å². The van der Waals surface area contributed by atoms with E-state index in [0.29, 0.717) is 23.6 Å². The minimum Gasteiger partial charge on any atom is -0.339 e. The van der Waals surface area contributed by atoms with Crippen molar-refractivity contribution in [2.45, 2.75) is 43.7 Å². The smallest absolute Gasteiger partial charge is 0.253 e. The zero-order valence-corrected chi connectivity index (χ0v) is 14.6. The molecule has 7 heteroatoms. The molecular formula is C19H23N5O2. The van der Waals surface area contributed by atoms with Crippen LogP contribution in [0.1, 0.15) is 47.7 Å². The molecule has 2 aromatic rings. The number of pyridine rings is 1. The highest BCUT2D eigenvalue weighted by Gasteiger charge is 2.34. The lowest BCUT2D eigenvalue weighted by Gasteiger charge is -2.40. The maximum absolute atomic E-state index is 12.5. The molecule has 3 heterocycles. The summed E-state index contributed by atoms with van der Waals surface area (Å²) in [6, 6.07) is 6.07. The molecule has 0 unspecified atom stereocenters. The molecule has 1 saturated carbocycles. The average Bonchev–Trinajstić information content (AvgIpc) is 2.65. The van der Waals surface area contributed by atoms with E-state index in [0.717, 1.165) is 44.5 Å². The minimum atomic E-state index is -0.0855. The van der Waals surface area contributed by atoms with Gasteiger partial charge in [0.25, 0.3) is 11.5 Å². The van der Waals surface area contributed by atoms with E-state index in [2.05, 4.69) is 20.3 Å². The van der Waals surface area contributed by atoms with Gasteiger partial charge in [0.1, 0.15) is 0 Å². The van der Waals surface area contributed by atoms with E-state index >= 15 is 0 Å². The van der Waals surface area contributed by atoms with Gasteiger partial charge in [-0.15, -0.1) is 0 Å². The van der Waals surface area contributed by atoms with Crippen LogP contribution in [0.2, 0.25) is 0 Å². The fourth-order valence-electron chi connectivity index (χ4n) is 3.86. The Kier molecular flexibility index (Phi) is 4.79. The highest BCUT2D eigenvalue weighted by atomic mass is 16.2. The summed E-state index contributed by atoms with van der Waals surface area (Å²) in [4.78, 5) is 36.6. The average molecular weight is 353 g/mol. The highest BCUT2D eigenvalue weighted by molar-refractivity contribution is 5.94. The Hall–Kier alpha value is -2.54. The molecule has 1 aliphatic carbocycles. The SMILES string of the molecule is O=C(c1ccncc1)N1CCC(NC2CC(c3cc(=O)[nH]cn3)C2)CC1. The number of hydrogen-bond acceptors (Lipinski definition) is 5. The van der Waals surface area contributed by atoms with E-state index in [-0.39, 0.29) is 11.5 Å². The molecule has 7 nitrogen and oxygen atoms in total. The van der Waals surface area contributed by atoms with Crippen LogP contribution in [0.25, 0.3) is 0 Å². The number of carbonyl (C=O) groups excluding carboxylic acids is 1. The molecule has 1 saturated heterocycles. The molecule has 0 spiro atoms. The van der Waals surface area contributed by atoms with Gasteiger partial charge in [0.05, 0.1) is 12.0 Å². The summed E-state index contributed by atoms with van der Waals surface area (Å²) in [6.07, 6.45) is 8.78. The van der Waals surface area contributed by atoms with Crippen LogP contribution in [0.15, 0.2) is 41.7 Å². The first-order valence-corrected chi connectivity index (χ1v) is 9.19. The summed E-state index contributed by atoms with van der Waals surface area (Å²) in [5.74, 6) is 0.470. The summed E-state index contributed by atoms with van der Waals surface area (Å²) >= 11 is 0. The van der Waals surface area contributed by atoms with Gasteiger partial charge in [0, 0.05) is 55.1 Å². The lowest BCUT2D eigenvalue weighted by Crippen LogP contribution is -2.51. The van der Waals surface area contributed by atoms with Gasteiger partial charge < -0.3 is 15.2 Å². The lowest BCUT2D eigenvalue weighted by molar-refractivity contribution is 0.0695. The van der Waals surface area contributed by atoms with Crippen LogP contribution in [0.4, 0.5) is 0 Å². The van der Waals surface area contributed by atoms with E-state index in [1.807, 2.05) is 4.90 Å². The van der Waals surface area contributed by atoms with Crippen LogP contribution in [-0.2, 0) is 0 Å². The van der Waals surface area contributed by atoms with E-state index in [1.165, 1.54) is 6.33 Å². The summed E-state index contributed by atoms with van der Waals surface area (Å²) in [5, 5.41) is 3.71. The van der Waals surface area contributed by atoms with E-state index in [4.69, 9.17) is 0 Å². The number of hydrogen-bond donors (Lipinski definition) is 2. The first-order chi connectivity index (χ1) is 12.7. The van der Waals surface area contributed by atoms with E-state index in [1.54, 1.807) is 30.6 Å². The van der Waals surface area contributed by atoms with Crippen molar-refractivity contribution in [1.29, 1.82) is 0 Å². The molecule has 1 amide bonds. The second-order valence-corrected chi connectivity index (χ2v) is 7.17. The molecule has 0 bridgehead atoms. The first kappa shape index (κ1) is 16.9. The van der Waals surface area contributed by atoms with Gasteiger partial charge in [-0.2, -0.15) is 0 Å². The molecule has 2 N–H and O–H groups in total. The molecule has 26 heavy (non-hydrogen) atoms. The number of likely N-dealkylation sites (tertiary alicyclic amines) is 1. The molecular weight excluding hydrogens is 330 g/mol. The van der Waals surface area contributed by atoms with Crippen LogP contribution in [-0.4, -0.2) is 50.9 Å². The van der Waals surface area contributed by atoms with Gasteiger partial charge in [-0.1, -0.05) is 0 Å². The largest absolute Gasteiger partial charge is 0.339 e. The van der Waals surface area contributed by atoms with Crippen molar-refractivity contribution in [3.63, 3.8) is 0 Å². The Morgan fingerprint density at radius 2 is 1.88 bits per heavy atom. The number of H-pyrrole nitrogens is 1. The van der Waals surface area contributed by atoms with Crippen molar-refractivity contribution in [2.75, 3.05) is 13.1 Å². The highest BCUT2D eigenvalue weighted by Crippen LogP contribution is 2.35. The summed E-state index contributed by atoms with van der Waals surface area (Å²) in [6.45, 7) is 1.56. The van der Waals surface area contributed by atoms with Crippen LogP contribution in [0.5, 0.6) is 0 Å². The van der Waals surface area contributed by atoms with Crippen LogP contribution in [0, 0.1) is 0 Å². The molecule has 0 radical (unpaired) electrons. The number of carbonyl (C=O) groups is 1. The maximum atomic E-state index is 12.5. The fraction of sp³-hybridized carbons (Fsp3) is 0.474. The number of nitrogens with one attached hydrogen (secondary N) is 2. The van der Waals surface area contributed by atoms with Gasteiger partial charge in [-0.25, -0.2) is 4.98 Å². The Balaban J connectivity index is 1.23. The van der Waals surface area contributed by atoms with Crippen LogP contribution >= 0.6 is 0 Å². The van der Waals surface area contributed by atoms with Crippen molar-refractivity contribution in [3.05, 3.63) is 58.5 Å². The standard InChI is InChI=1S/C19H23N5O2/c25-18-11-17(21-12-22-18)14-9-16(10-14)23-15-3-7-24(8-4-15)19(26)13-1-5-20-6-2-13/h1-2,5-6,11-12,14-16,23H,3-4,7-10H2,(H,21,22,25). The molecule has 4 rings (SSSR count). The fourth-order valence-corrected chi connectivity index (χ4v) is 3.86. The van der Waals surface area contributed by atoms with Crippen molar-refractivity contribution in [1.82, 2.24) is 25.2 Å². The first-order valence-electron chi connectivity index (χ1n) is 9.19.